The van der Waals surface area contributed by atoms with Crippen LogP contribution in [0.4, 0.5) is 5.82 Å². The number of ketones is 1. The molecule has 2 aromatic heterocycles. The number of carbonyl (C=O) groups is 1. The number of carbonyl (C=O) groups excluding carboxylic acids is 1. The number of hydrogen-bond acceptors (Lipinski definition) is 7. The molecule has 0 radical (unpaired) electrons. The van der Waals surface area contributed by atoms with Crippen molar-refractivity contribution in [1.82, 2.24) is 9.97 Å². The average molecular weight is 504 g/mol. The summed E-state index contributed by atoms with van der Waals surface area (Å²) in [6, 6.07) is 7.64. The predicted molar refractivity (Wildman–Crippen MR) is 130 cm³/mol. The molecule has 1 aromatic carbocycles. The van der Waals surface area contributed by atoms with Crippen LogP contribution in [-0.2, 0) is 11.2 Å². The minimum Gasteiger partial charge on any atom is -0.393 e. The van der Waals surface area contributed by atoms with Crippen LogP contribution in [0.25, 0.3) is 0 Å². The molecule has 1 aliphatic heterocycles. The Kier molecular flexibility index (Phi) is 6.42. The second kappa shape index (κ2) is 9.31. The van der Waals surface area contributed by atoms with Crippen LogP contribution in [0.3, 0.4) is 0 Å². The van der Waals surface area contributed by atoms with Crippen LogP contribution in [0.2, 0.25) is 9.36 Å². The maximum atomic E-state index is 13.4. The Labute approximate surface area is 205 Å². The van der Waals surface area contributed by atoms with E-state index < -0.39 is 0 Å². The smallest absolute Gasteiger partial charge is 0.208 e. The standard InChI is InChI=1S/C24H23Cl2N3O3S/c1-12-6-15(8-19(12)30)29-24-18(10-27-11-28-24)21(31)20-9-17(23(26)33-20)22-16-7-14(25)3-2-13(16)4-5-32-22/h2-3,7,9-12,15,19,22,30H,4-6,8H2,1H3,(H,27,28,29)/t12-,15-,19-,22-/m1/s1. The number of hydrogen-bond donors (Lipinski definition) is 2. The van der Waals surface area contributed by atoms with E-state index in [-0.39, 0.29) is 30.0 Å². The van der Waals surface area contributed by atoms with Crippen molar-refractivity contribution in [2.75, 3.05) is 11.9 Å². The fraction of sp³-hybridized carbons (Fsp3) is 0.375. The third-order valence-corrected chi connectivity index (χ3v) is 8.03. The molecule has 1 saturated carbocycles. The molecular weight excluding hydrogens is 481 g/mol. The van der Waals surface area contributed by atoms with E-state index in [0.717, 1.165) is 24.0 Å². The fourth-order valence-corrected chi connectivity index (χ4v) is 6.07. The van der Waals surface area contributed by atoms with Gasteiger partial charge in [-0.05, 0) is 54.5 Å². The van der Waals surface area contributed by atoms with Crippen LogP contribution in [-0.4, -0.2) is 39.6 Å². The number of benzene rings is 1. The van der Waals surface area contributed by atoms with E-state index >= 15 is 0 Å². The number of fused-ring (bicyclic) bond motifs is 1. The summed E-state index contributed by atoms with van der Waals surface area (Å²) in [6.45, 7) is 2.59. The van der Waals surface area contributed by atoms with Gasteiger partial charge >= 0.3 is 0 Å². The van der Waals surface area contributed by atoms with Crippen molar-refractivity contribution in [3.8, 4) is 0 Å². The summed E-state index contributed by atoms with van der Waals surface area (Å²) in [7, 11) is 0. The topological polar surface area (TPSA) is 84.3 Å². The van der Waals surface area contributed by atoms with Gasteiger partial charge in [0.1, 0.15) is 18.2 Å². The normalized spacial score (nSPS) is 24.5. The van der Waals surface area contributed by atoms with Crippen molar-refractivity contribution < 1.29 is 14.6 Å². The molecule has 0 amide bonds. The monoisotopic (exact) mass is 503 g/mol. The SMILES string of the molecule is C[C@@H]1C[C@@H](Nc2ncncc2C(=O)c2cc([C@@H]3OCCc4ccc(Cl)cc43)c(Cl)s2)C[C@H]1O. The van der Waals surface area contributed by atoms with Gasteiger partial charge in [-0.15, -0.1) is 11.3 Å². The highest BCUT2D eigenvalue weighted by molar-refractivity contribution is 7.18. The molecule has 5 rings (SSSR count). The Balaban J connectivity index is 1.43. The Hall–Kier alpha value is -2.03. The van der Waals surface area contributed by atoms with Crippen LogP contribution >= 0.6 is 34.5 Å². The number of thiophene rings is 1. The quantitative estimate of drug-likeness (QED) is 0.459. The highest BCUT2D eigenvalue weighted by atomic mass is 35.5. The minimum atomic E-state index is -0.371. The molecule has 172 valence electrons. The number of anilines is 1. The Morgan fingerprint density at radius 2 is 2.09 bits per heavy atom. The van der Waals surface area contributed by atoms with Gasteiger partial charge in [0, 0.05) is 22.8 Å². The van der Waals surface area contributed by atoms with Crippen molar-refractivity contribution in [1.29, 1.82) is 0 Å². The second-order valence-corrected chi connectivity index (χ2v) is 10.7. The maximum absolute atomic E-state index is 13.4. The molecule has 33 heavy (non-hydrogen) atoms. The Morgan fingerprint density at radius 1 is 1.24 bits per heavy atom. The summed E-state index contributed by atoms with van der Waals surface area (Å²) in [5.41, 5.74) is 3.28. The first-order valence-electron chi connectivity index (χ1n) is 10.9. The fourth-order valence-electron chi connectivity index (χ4n) is 4.63. The Bertz CT molecular complexity index is 1190. The first kappa shape index (κ1) is 22.7. The molecule has 0 bridgehead atoms. The Morgan fingerprint density at radius 3 is 2.88 bits per heavy atom. The number of aliphatic hydroxyl groups excluding tert-OH is 1. The van der Waals surface area contributed by atoms with Crippen LogP contribution < -0.4 is 5.32 Å². The summed E-state index contributed by atoms with van der Waals surface area (Å²) < 4.78 is 6.56. The van der Waals surface area contributed by atoms with Gasteiger partial charge in [0.05, 0.1) is 27.5 Å². The van der Waals surface area contributed by atoms with Gasteiger partial charge in [-0.2, -0.15) is 0 Å². The van der Waals surface area contributed by atoms with Crippen molar-refractivity contribution in [2.45, 2.75) is 44.4 Å². The molecule has 0 spiro atoms. The number of aliphatic hydroxyl groups is 1. The summed E-state index contributed by atoms with van der Waals surface area (Å²) in [5, 5.41) is 14.0. The van der Waals surface area contributed by atoms with Crippen LogP contribution in [0.5, 0.6) is 0 Å². The lowest BCUT2D eigenvalue weighted by Crippen LogP contribution is -2.20. The number of rotatable bonds is 5. The zero-order valence-electron chi connectivity index (χ0n) is 17.9. The van der Waals surface area contributed by atoms with E-state index in [2.05, 4.69) is 15.3 Å². The van der Waals surface area contributed by atoms with Crippen LogP contribution in [0, 0.1) is 5.92 Å². The number of nitrogens with one attached hydrogen (secondary N) is 1. The lowest BCUT2D eigenvalue weighted by Gasteiger charge is -2.26. The predicted octanol–water partition coefficient (Wildman–Crippen LogP) is 5.31. The zero-order valence-corrected chi connectivity index (χ0v) is 20.3. The minimum absolute atomic E-state index is 0.0517. The van der Waals surface area contributed by atoms with Crippen LogP contribution in [0.1, 0.15) is 57.8 Å². The third-order valence-electron chi connectivity index (χ3n) is 6.40. The number of halogens is 2. The number of aromatic nitrogens is 2. The van der Waals surface area contributed by atoms with Crippen molar-refractivity contribution in [3.05, 3.63) is 73.3 Å². The highest BCUT2D eigenvalue weighted by Crippen LogP contribution is 2.41. The largest absolute Gasteiger partial charge is 0.393 e. The molecule has 2 aliphatic rings. The molecule has 4 atom stereocenters. The van der Waals surface area contributed by atoms with E-state index in [0.29, 0.717) is 38.6 Å². The van der Waals surface area contributed by atoms with Gasteiger partial charge in [0.2, 0.25) is 5.78 Å². The van der Waals surface area contributed by atoms with E-state index in [4.69, 9.17) is 27.9 Å². The van der Waals surface area contributed by atoms with E-state index in [1.165, 1.54) is 29.4 Å². The number of ether oxygens (including phenoxy) is 1. The molecule has 9 heteroatoms. The van der Waals surface area contributed by atoms with Gasteiger partial charge in [0.25, 0.3) is 0 Å². The molecule has 3 aromatic rings. The maximum Gasteiger partial charge on any atom is 0.208 e. The third kappa shape index (κ3) is 4.53. The van der Waals surface area contributed by atoms with E-state index in [9.17, 15) is 9.90 Å². The van der Waals surface area contributed by atoms with Crippen molar-refractivity contribution in [3.63, 3.8) is 0 Å². The van der Waals surface area contributed by atoms with E-state index in [1.54, 1.807) is 6.07 Å². The highest BCUT2D eigenvalue weighted by Gasteiger charge is 2.32. The van der Waals surface area contributed by atoms with Gasteiger partial charge in [-0.3, -0.25) is 4.79 Å². The number of nitrogens with zero attached hydrogens (tertiary/aromatic N) is 2. The lowest BCUT2D eigenvalue weighted by atomic mass is 9.94. The van der Waals surface area contributed by atoms with Crippen molar-refractivity contribution in [2.24, 2.45) is 5.92 Å². The van der Waals surface area contributed by atoms with Gasteiger partial charge in [-0.25, -0.2) is 9.97 Å². The molecular formula is C24H23Cl2N3O3S. The zero-order chi connectivity index (χ0) is 23.1. The summed E-state index contributed by atoms with van der Waals surface area (Å²) >= 11 is 14.1. The second-order valence-electron chi connectivity index (χ2n) is 8.66. The molecule has 1 fully saturated rings. The molecule has 3 heterocycles. The van der Waals surface area contributed by atoms with Crippen molar-refractivity contribution >= 4 is 46.1 Å². The van der Waals surface area contributed by atoms with Gasteiger partial charge in [-0.1, -0.05) is 36.2 Å². The summed E-state index contributed by atoms with van der Waals surface area (Å²) in [5.74, 6) is 0.470. The average Bonchev–Trinajstić information content (AvgIpc) is 3.34. The molecule has 1 aliphatic carbocycles. The van der Waals surface area contributed by atoms with Gasteiger partial charge < -0.3 is 15.2 Å². The summed E-state index contributed by atoms with van der Waals surface area (Å²) in [4.78, 5) is 22.3. The lowest BCUT2D eigenvalue weighted by molar-refractivity contribution is 0.0701. The first-order chi connectivity index (χ1) is 15.9. The summed E-state index contributed by atoms with van der Waals surface area (Å²) in [6.07, 6.45) is 4.45. The molecule has 0 unspecified atom stereocenters. The molecule has 6 nitrogen and oxygen atoms in total. The van der Waals surface area contributed by atoms with Crippen LogP contribution in [0.15, 0.2) is 36.8 Å². The molecule has 2 N–H and O–H groups in total. The van der Waals surface area contributed by atoms with Gasteiger partial charge in [0.15, 0.2) is 0 Å². The molecule has 0 saturated heterocycles. The first-order valence-corrected chi connectivity index (χ1v) is 12.5. The van der Waals surface area contributed by atoms with E-state index in [1.807, 2.05) is 25.1 Å².